The molecule has 1 atom stereocenters. The van der Waals surface area contributed by atoms with Gasteiger partial charge in [0.05, 0.1) is 6.04 Å². The molecule has 0 unspecified atom stereocenters. The summed E-state index contributed by atoms with van der Waals surface area (Å²) in [5.74, 6) is 2.84. The summed E-state index contributed by atoms with van der Waals surface area (Å²) in [6.45, 7) is 0.616. The lowest BCUT2D eigenvalue weighted by Crippen LogP contribution is -2.55. The molecule has 3 nitrogen and oxygen atoms in total. The van der Waals surface area contributed by atoms with Crippen molar-refractivity contribution in [1.29, 1.82) is 0 Å². The highest BCUT2D eigenvalue weighted by Gasteiger charge is 2.55. The Balaban J connectivity index is 1.64. The van der Waals surface area contributed by atoms with Crippen molar-refractivity contribution in [3.05, 3.63) is 0 Å². The average Bonchev–Trinajstić information content (AvgIpc) is 2.63. The fraction of sp³-hybridized carbons (Fsp3) is 0.923. The number of alkyl carbamates (subject to hydrolysis) is 1. The molecular weight excluding hydrogens is 202 g/mol. The zero-order valence-corrected chi connectivity index (χ0v) is 9.58. The molecule has 1 N–H and O–H groups in total. The summed E-state index contributed by atoms with van der Waals surface area (Å²) in [5.41, 5.74) is 0.404. The molecule has 4 bridgehead atoms. The lowest BCUT2D eigenvalue weighted by Gasteiger charge is -2.58. The van der Waals surface area contributed by atoms with Gasteiger partial charge in [-0.25, -0.2) is 4.79 Å². The van der Waals surface area contributed by atoms with Crippen LogP contribution in [0.15, 0.2) is 0 Å². The number of rotatable bonds is 1. The van der Waals surface area contributed by atoms with E-state index in [1.165, 1.54) is 38.5 Å². The number of amides is 1. The van der Waals surface area contributed by atoms with Gasteiger partial charge in [-0.05, 0) is 61.7 Å². The van der Waals surface area contributed by atoms with Crippen molar-refractivity contribution in [2.24, 2.45) is 23.2 Å². The van der Waals surface area contributed by atoms with Crippen LogP contribution in [0.2, 0.25) is 0 Å². The van der Waals surface area contributed by atoms with Crippen LogP contribution >= 0.6 is 0 Å². The van der Waals surface area contributed by atoms with E-state index in [0.29, 0.717) is 18.1 Å². The SMILES string of the molecule is O=C1N[C@H](C23CC4CC(CC(C4)C2)C3)CO1. The minimum atomic E-state index is -0.194. The zero-order valence-electron chi connectivity index (χ0n) is 9.58. The van der Waals surface area contributed by atoms with E-state index in [1.807, 2.05) is 0 Å². The quantitative estimate of drug-likeness (QED) is 0.738. The molecule has 0 aromatic heterocycles. The number of nitrogens with one attached hydrogen (secondary N) is 1. The first-order valence-corrected chi connectivity index (χ1v) is 6.67. The van der Waals surface area contributed by atoms with E-state index >= 15 is 0 Å². The van der Waals surface area contributed by atoms with Gasteiger partial charge in [0.25, 0.3) is 0 Å². The minimum Gasteiger partial charge on any atom is -0.447 e. The lowest BCUT2D eigenvalue weighted by molar-refractivity contribution is -0.0713. The van der Waals surface area contributed by atoms with Gasteiger partial charge >= 0.3 is 6.09 Å². The monoisotopic (exact) mass is 221 g/mol. The standard InChI is InChI=1S/C13H19NO2/c15-12-14-11(7-16-12)13-4-8-1-9(5-13)3-10(2-8)6-13/h8-11H,1-7H2,(H,14,15)/t8?,9?,10?,11-,13?/m0/s1. The molecule has 5 aliphatic rings. The minimum absolute atomic E-state index is 0.194. The molecule has 0 aromatic rings. The Hall–Kier alpha value is -0.730. The molecule has 0 radical (unpaired) electrons. The topological polar surface area (TPSA) is 38.3 Å². The van der Waals surface area contributed by atoms with E-state index in [2.05, 4.69) is 5.32 Å². The van der Waals surface area contributed by atoms with Crippen LogP contribution in [0.4, 0.5) is 4.79 Å². The normalized spacial score (nSPS) is 53.9. The second-order valence-corrected chi connectivity index (χ2v) is 6.58. The molecule has 1 heterocycles. The number of hydrogen-bond donors (Lipinski definition) is 1. The van der Waals surface area contributed by atoms with Crippen molar-refractivity contribution < 1.29 is 9.53 Å². The van der Waals surface area contributed by atoms with Crippen molar-refractivity contribution in [3.8, 4) is 0 Å². The Morgan fingerprint density at radius 2 is 1.62 bits per heavy atom. The third-order valence-electron chi connectivity index (χ3n) is 5.50. The number of carbonyl (C=O) groups excluding carboxylic acids is 1. The number of hydrogen-bond acceptors (Lipinski definition) is 2. The van der Waals surface area contributed by atoms with Crippen molar-refractivity contribution in [2.45, 2.75) is 44.6 Å². The van der Waals surface area contributed by atoms with Gasteiger partial charge in [-0.3, -0.25) is 0 Å². The summed E-state index contributed by atoms with van der Waals surface area (Å²) in [6, 6.07) is 0.313. The molecule has 3 heteroatoms. The summed E-state index contributed by atoms with van der Waals surface area (Å²) < 4.78 is 5.10. The first-order valence-electron chi connectivity index (χ1n) is 6.67. The third-order valence-corrected chi connectivity index (χ3v) is 5.50. The Labute approximate surface area is 95.9 Å². The molecule has 1 aliphatic heterocycles. The highest BCUT2D eigenvalue weighted by atomic mass is 16.6. The van der Waals surface area contributed by atoms with Crippen molar-refractivity contribution in [1.82, 2.24) is 5.32 Å². The van der Waals surface area contributed by atoms with Crippen LogP contribution in [-0.2, 0) is 4.74 Å². The maximum Gasteiger partial charge on any atom is 0.407 e. The van der Waals surface area contributed by atoms with Crippen LogP contribution in [0.1, 0.15) is 38.5 Å². The summed E-state index contributed by atoms with van der Waals surface area (Å²) in [5, 5.41) is 3.05. The van der Waals surface area contributed by atoms with Gasteiger partial charge in [-0.2, -0.15) is 0 Å². The van der Waals surface area contributed by atoms with Gasteiger partial charge in [-0.1, -0.05) is 0 Å². The Bertz CT molecular complexity index is 304. The van der Waals surface area contributed by atoms with E-state index in [-0.39, 0.29) is 6.09 Å². The second-order valence-electron chi connectivity index (χ2n) is 6.58. The van der Waals surface area contributed by atoms with Crippen molar-refractivity contribution >= 4 is 6.09 Å². The highest BCUT2D eigenvalue weighted by molar-refractivity contribution is 5.69. The molecule has 1 saturated heterocycles. The fourth-order valence-corrected chi connectivity index (χ4v) is 5.32. The van der Waals surface area contributed by atoms with Crippen LogP contribution in [0, 0.1) is 23.2 Å². The van der Waals surface area contributed by atoms with Gasteiger partial charge in [0.15, 0.2) is 0 Å². The van der Waals surface area contributed by atoms with E-state index in [9.17, 15) is 4.79 Å². The van der Waals surface area contributed by atoms with Crippen molar-refractivity contribution in [3.63, 3.8) is 0 Å². The molecule has 88 valence electrons. The third kappa shape index (κ3) is 1.17. The molecule has 16 heavy (non-hydrogen) atoms. The van der Waals surface area contributed by atoms with Gasteiger partial charge < -0.3 is 10.1 Å². The molecule has 4 saturated carbocycles. The number of cyclic esters (lactones) is 1. The zero-order chi connectivity index (χ0) is 10.8. The maximum absolute atomic E-state index is 11.2. The first-order chi connectivity index (χ1) is 7.73. The Morgan fingerprint density at radius 1 is 1.06 bits per heavy atom. The second kappa shape index (κ2) is 2.93. The summed E-state index contributed by atoms with van der Waals surface area (Å²) in [7, 11) is 0. The Kier molecular flexibility index (Phi) is 1.71. The lowest BCUT2D eigenvalue weighted by atomic mass is 9.48. The van der Waals surface area contributed by atoms with Crippen LogP contribution in [-0.4, -0.2) is 18.7 Å². The number of carbonyl (C=O) groups is 1. The first kappa shape index (κ1) is 9.32. The van der Waals surface area contributed by atoms with E-state index in [4.69, 9.17) is 4.74 Å². The smallest absolute Gasteiger partial charge is 0.407 e. The van der Waals surface area contributed by atoms with Crippen LogP contribution in [0.25, 0.3) is 0 Å². The molecule has 0 aromatic carbocycles. The predicted octanol–water partition coefficient (Wildman–Crippen LogP) is 2.31. The van der Waals surface area contributed by atoms with Gasteiger partial charge in [0.1, 0.15) is 6.61 Å². The van der Waals surface area contributed by atoms with Crippen LogP contribution in [0.3, 0.4) is 0 Å². The van der Waals surface area contributed by atoms with Gasteiger partial charge in [-0.15, -0.1) is 0 Å². The average molecular weight is 221 g/mol. The largest absolute Gasteiger partial charge is 0.447 e. The molecular formula is C13H19NO2. The molecule has 0 spiro atoms. The fourth-order valence-electron chi connectivity index (χ4n) is 5.32. The molecule has 1 amide bonds. The van der Waals surface area contributed by atoms with Crippen molar-refractivity contribution in [2.75, 3.05) is 6.61 Å². The van der Waals surface area contributed by atoms with E-state index in [1.54, 1.807) is 0 Å². The van der Waals surface area contributed by atoms with Crippen LogP contribution < -0.4 is 5.32 Å². The summed E-state index contributed by atoms with van der Waals surface area (Å²) in [6.07, 6.45) is 8.21. The highest BCUT2D eigenvalue weighted by Crippen LogP contribution is 2.61. The Morgan fingerprint density at radius 3 is 2.06 bits per heavy atom. The van der Waals surface area contributed by atoms with Crippen LogP contribution in [0.5, 0.6) is 0 Å². The molecule has 4 aliphatic carbocycles. The van der Waals surface area contributed by atoms with E-state index < -0.39 is 0 Å². The molecule has 5 rings (SSSR count). The van der Waals surface area contributed by atoms with Gasteiger partial charge in [0.2, 0.25) is 0 Å². The maximum atomic E-state index is 11.2. The summed E-state index contributed by atoms with van der Waals surface area (Å²) in [4.78, 5) is 11.2. The predicted molar refractivity (Wildman–Crippen MR) is 58.9 cm³/mol. The van der Waals surface area contributed by atoms with Gasteiger partial charge in [0, 0.05) is 0 Å². The molecule has 5 fully saturated rings. The number of ether oxygens (including phenoxy) is 1. The summed E-state index contributed by atoms with van der Waals surface area (Å²) >= 11 is 0. The van der Waals surface area contributed by atoms with E-state index in [0.717, 1.165) is 17.8 Å².